The maximum absolute atomic E-state index is 6.02. The fourth-order valence-corrected chi connectivity index (χ4v) is 2.97. The topological polar surface area (TPSA) is 50.3 Å². The Bertz CT molecular complexity index is 375. The number of aromatic nitrogens is 2. The zero-order chi connectivity index (χ0) is 13.1. The first-order chi connectivity index (χ1) is 8.63. The fourth-order valence-electron chi connectivity index (χ4n) is 2.97. The molecule has 0 saturated carbocycles. The summed E-state index contributed by atoms with van der Waals surface area (Å²) in [4.78, 5) is 9.15. The first-order valence-electron chi connectivity index (χ1n) is 6.74. The van der Waals surface area contributed by atoms with E-state index in [2.05, 4.69) is 33.3 Å². The lowest BCUT2D eigenvalue weighted by atomic mass is 10.1. The van der Waals surface area contributed by atoms with E-state index in [4.69, 9.17) is 5.73 Å². The molecule has 102 valence electrons. The molecule has 0 aromatic carbocycles. The van der Waals surface area contributed by atoms with Gasteiger partial charge in [-0.1, -0.05) is 0 Å². The summed E-state index contributed by atoms with van der Waals surface area (Å²) in [5.41, 5.74) is 7.23. The number of nitrogens with zero attached hydrogens (tertiary/aromatic N) is 4. The Kier molecular flexibility index (Phi) is 4.37. The molecule has 0 radical (unpaired) electrons. The van der Waals surface area contributed by atoms with Crippen LogP contribution in [0.15, 0.2) is 12.5 Å². The maximum Gasteiger partial charge on any atom is 0.0946 e. The van der Waals surface area contributed by atoms with Crippen molar-refractivity contribution < 1.29 is 0 Å². The Hall–Kier alpha value is -0.910. The Balaban J connectivity index is 2.19. The van der Waals surface area contributed by atoms with Crippen LogP contribution in [0.2, 0.25) is 0 Å². The molecule has 2 rings (SSSR count). The van der Waals surface area contributed by atoms with Crippen LogP contribution in [-0.4, -0.2) is 58.6 Å². The van der Waals surface area contributed by atoms with E-state index in [1.54, 1.807) is 0 Å². The molecule has 5 nitrogen and oxygen atoms in total. The van der Waals surface area contributed by atoms with E-state index in [9.17, 15) is 0 Å². The van der Waals surface area contributed by atoms with E-state index in [0.29, 0.717) is 12.6 Å². The summed E-state index contributed by atoms with van der Waals surface area (Å²) in [5.74, 6) is 0. The van der Waals surface area contributed by atoms with Gasteiger partial charge in [-0.15, -0.1) is 0 Å². The van der Waals surface area contributed by atoms with Gasteiger partial charge in [-0.2, -0.15) is 0 Å². The van der Waals surface area contributed by atoms with Crippen LogP contribution in [-0.2, 0) is 7.05 Å². The predicted octanol–water partition coefficient (Wildman–Crippen LogP) is 0.446. The fraction of sp³-hybridized carbons (Fsp3) is 0.769. The highest BCUT2D eigenvalue weighted by Gasteiger charge is 2.28. The first kappa shape index (κ1) is 13.5. The lowest BCUT2D eigenvalue weighted by Gasteiger charge is -2.35. The molecule has 18 heavy (non-hydrogen) atoms. The van der Waals surface area contributed by atoms with Gasteiger partial charge in [-0.05, 0) is 26.9 Å². The number of hydrogen-bond donors (Lipinski definition) is 1. The van der Waals surface area contributed by atoms with Gasteiger partial charge in [0.15, 0.2) is 0 Å². The number of likely N-dealkylation sites (N-methyl/N-ethyl adjacent to an activating group) is 1. The molecule has 0 amide bonds. The lowest BCUT2D eigenvalue weighted by molar-refractivity contribution is 0.141. The molecule has 0 bridgehead atoms. The lowest BCUT2D eigenvalue weighted by Crippen LogP contribution is -2.43. The van der Waals surface area contributed by atoms with Crippen molar-refractivity contribution in [2.24, 2.45) is 12.8 Å². The van der Waals surface area contributed by atoms with Crippen LogP contribution < -0.4 is 5.73 Å². The van der Waals surface area contributed by atoms with E-state index in [-0.39, 0.29) is 6.04 Å². The second-order valence-corrected chi connectivity index (χ2v) is 5.38. The van der Waals surface area contributed by atoms with Crippen molar-refractivity contribution in [2.75, 3.05) is 33.2 Å². The monoisotopic (exact) mass is 251 g/mol. The number of nitrogens with two attached hydrogens (primary N) is 1. The van der Waals surface area contributed by atoms with Crippen molar-refractivity contribution in [3.05, 3.63) is 18.2 Å². The summed E-state index contributed by atoms with van der Waals surface area (Å²) >= 11 is 0. The number of hydrogen-bond acceptors (Lipinski definition) is 4. The zero-order valence-electron chi connectivity index (χ0n) is 11.7. The van der Waals surface area contributed by atoms with Gasteiger partial charge in [0.2, 0.25) is 0 Å². The summed E-state index contributed by atoms with van der Waals surface area (Å²) < 4.78 is 2.08. The number of rotatable bonds is 3. The predicted molar refractivity (Wildman–Crippen MR) is 73.3 cm³/mol. The number of aryl methyl sites for hydroxylation is 1. The molecule has 2 heterocycles. The summed E-state index contributed by atoms with van der Waals surface area (Å²) in [6.07, 6.45) is 5.00. The minimum Gasteiger partial charge on any atom is -0.336 e. The Morgan fingerprint density at radius 2 is 2.22 bits per heavy atom. The highest BCUT2D eigenvalue weighted by Crippen LogP contribution is 2.23. The summed E-state index contributed by atoms with van der Waals surface area (Å²) in [6, 6.07) is 0.806. The van der Waals surface area contributed by atoms with E-state index >= 15 is 0 Å². The maximum atomic E-state index is 6.02. The third kappa shape index (κ3) is 2.74. The normalized spacial score (nSPS) is 25.0. The van der Waals surface area contributed by atoms with Crippen molar-refractivity contribution in [3.63, 3.8) is 0 Å². The van der Waals surface area contributed by atoms with E-state index in [1.165, 1.54) is 18.7 Å². The highest BCUT2D eigenvalue weighted by atomic mass is 15.3. The van der Waals surface area contributed by atoms with Crippen LogP contribution >= 0.6 is 0 Å². The van der Waals surface area contributed by atoms with Crippen LogP contribution in [0.25, 0.3) is 0 Å². The van der Waals surface area contributed by atoms with Gasteiger partial charge in [0.05, 0.1) is 18.1 Å². The molecule has 2 N–H and O–H groups in total. The average Bonchev–Trinajstić information content (AvgIpc) is 2.66. The molecule has 0 aliphatic carbocycles. The van der Waals surface area contributed by atoms with Crippen LogP contribution in [0.1, 0.15) is 25.1 Å². The van der Waals surface area contributed by atoms with Crippen molar-refractivity contribution in [2.45, 2.75) is 25.4 Å². The Morgan fingerprint density at radius 1 is 1.44 bits per heavy atom. The van der Waals surface area contributed by atoms with Gasteiger partial charge in [-0.3, -0.25) is 4.90 Å². The van der Waals surface area contributed by atoms with Crippen molar-refractivity contribution in [1.82, 2.24) is 19.4 Å². The average molecular weight is 251 g/mol. The van der Waals surface area contributed by atoms with E-state index < -0.39 is 0 Å². The quantitative estimate of drug-likeness (QED) is 0.847. The second kappa shape index (κ2) is 5.82. The van der Waals surface area contributed by atoms with Crippen LogP contribution in [0.5, 0.6) is 0 Å². The summed E-state index contributed by atoms with van der Waals surface area (Å²) in [7, 11) is 4.24. The molecule has 0 spiro atoms. The molecular formula is C13H25N5. The summed E-state index contributed by atoms with van der Waals surface area (Å²) in [5, 5.41) is 0. The molecule has 1 aliphatic heterocycles. The van der Waals surface area contributed by atoms with Gasteiger partial charge in [0, 0.05) is 38.9 Å². The number of imidazole rings is 1. The van der Waals surface area contributed by atoms with E-state index in [0.717, 1.165) is 13.1 Å². The van der Waals surface area contributed by atoms with Crippen molar-refractivity contribution >= 4 is 0 Å². The molecular weight excluding hydrogens is 226 g/mol. The van der Waals surface area contributed by atoms with Gasteiger partial charge < -0.3 is 15.2 Å². The Morgan fingerprint density at radius 3 is 2.83 bits per heavy atom. The van der Waals surface area contributed by atoms with Gasteiger partial charge >= 0.3 is 0 Å². The standard InChI is InChI=1S/C13H25N5/c1-11-9-16(2)5-4-6-18(11)12(7-14)13-8-15-10-17(13)3/h8,10-12H,4-7,9,14H2,1-3H3. The van der Waals surface area contributed by atoms with Crippen LogP contribution in [0.4, 0.5) is 0 Å². The largest absolute Gasteiger partial charge is 0.336 e. The van der Waals surface area contributed by atoms with Crippen molar-refractivity contribution in [3.8, 4) is 0 Å². The third-order valence-electron chi connectivity index (χ3n) is 3.92. The van der Waals surface area contributed by atoms with Gasteiger partial charge in [-0.25, -0.2) is 4.98 Å². The molecule has 2 atom stereocenters. The molecule has 1 saturated heterocycles. The third-order valence-corrected chi connectivity index (χ3v) is 3.92. The minimum atomic E-state index is 0.277. The highest BCUT2D eigenvalue weighted by molar-refractivity contribution is 5.07. The van der Waals surface area contributed by atoms with Crippen LogP contribution in [0.3, 0.4) is 0 Å². The molecule has 1 aromatic rings. The molecule has 1 aromatic heterocycles. The summed E-state index contributed by atoms with van der Waals surface area (Å²) in [6.45, 7) is 6.32. The molecule has 5 heteroatoms. The Labute approximate surface area is 110 Å². The van der Waals surface area contributed by atoms with Crippen LogP contribution in [0, 0.1) is 0 Å². The van der Waals surface area contributed by atoms with E-state index in [1.807, 2.05) is 19.6 Å². The second-order valence-electron chi connectivity index (χ2n) is 5.38. The minimum absolute atomic E-state index is 0.277. The zero-order valence-corrected chi connectivity index (χ0v) is 11.7. The van der Waals surface area contributed by atoms with Gasteiger partial charge in [0.25, 0.3) is 0 Å². The smallest absolute Gasteiger partial charge is 0.0946 e. The molecule has 1 fully saturated rings. The SMILES string of the molecule is CC1CN(C)CCCN1C(CN)c1cncn1C. The first-order valence-corrected chi connectivity index (χ1v) is 6.74. The molecule has 1 aliphatic rings. The van der Waals surface area contributed by atoms with Gasteiger partial charge in [0.1, 0.15) is 0 Å². The van der Waals surface area contributed by atoms with Crippen molar-refractivity contribution in [1.29, 1.82) is 0 Å². The molecule has 2 unspecified atom stereocenters.